The molecule has 1 aliphatic rings. The van der Waals surface area contributed by atoms with Gasteiger partial charge in [0.2, 0.25) is 0 Å². The Morgan fingerprint density at radius 3 is 1.87 bits per heavy atom. The molecule has 0 aromatic heterocycles. The predicted octanol–water partition coefficient (Wildman–Crippen LogP) is 2.04. The molecule has 15 heavy (non-hydrogen) atoms. The monoisotopic (exact) mass is 222 g/mol. The van der Waals surface area contributed by atoms with Crippen molar-refractivity contribution in [1.29, 1.82) is 0 Å². The van der Waals surface area contributed by atoms with Crippen LogP contribution in [0.3, 0.4) is 0 Å². The van der Waals surface area contributed by atoms with Crippen molar-refractivity contribution in [1.82, 2.24) is 4.90 Å². The lowest BCUT2D eigenvalue weighted by Gasteiger charge is -2.12. The van der Waals surface area contributed by atoms with Gasteiger partial charge < -0.3 is 10.8 Å². The molecule has 4 heteroatoms. The highest BCUT2D eigenvalue weighted by Crippen LogP contribution is 2.13. The summed E-state index contributed by atoms with van der Waals surface area (Å²) < 4.78 is 0. The maximum absolute atomic E-state index is 10.5. The molecule has 1 heterocycles. The van der Waals surface area contributed by atoms with Crippen molar-refractivity contribution in [3.05, 3.63) is 0 Å². The maximum atomic E-state index is 10.5. The van der Waals surface area contributed by atoms with Gasteiger partial charge >= 0.3 is 5.97 Å². The summed E-state index contributed by atoms with van der Waals surface area (Å²) in [6.45, 7) is 4.69. The zero-order valence-electron chi connectivity index (χ0n) is 7.95. The molecule has 3 N–H and O–H groups in total. The SMILES string of the molecule is C.C.C.CC.CN1CC(N)CC1C(=O)O. The van der Waals surface area contributed by atoms with Crippen molar-refractivity contribution in [2.24, 2.45) is 5.73 Å². The van der Waals surface area contributed by atoms with Crippen LogP contribution >= 0.6 is 0 Å². The van der Waals surface area contributed by atoms with E-state index in [0.29, 0.717) is 13.0 Å². The first kappa shape index (κ1) is 23.9. The minimum Gasteiger partial charge on any atom is -0.480 e. The third-order valence-electron chi connectivity index (χ3n) is 1.87. The summed E-state index contributed by atoms with van der Waals surface area (Å²) in [5, 5.41) is 8.60. The van der Waals surface area contributed by atoms with Gasteiger partial charge in [-0.2, -0.15) is 0 Å². The summed E-state index contributed by atoms with van der Waals surface area (Å²) in [6.07, 6.45) is 0.575. The lowest BCUT2D eigenvalue weighted by molar-refractivity contribution is -0.141. The largest absolute Gasteiger partial charge is 0.480 e. The van der Waals surface area contributed by atoms with E-state index >= 15 is 0 Å². The first-order chi connectivity index (χ1) is 5.61. The van der Waals surface area contributed by atoms with E-state index in [1.54, 1.807) is 11.9 Å². The number of nitrogens with zero attached hydrogens (tertiary/aromatic N) is 1. The van der Waals surface area contributed by atoms with Crippen molar-refractivity contribution in [3.8, 4) is 0 Å². The number of nitrogens with two attached hydrogens (primary N) is 1. The van der Waals surface area contributed by atoms with Crippen molar-refractivity contribution >= 4 is 5.97 Å². The van der Waals surface area contributed by atoms with E-state index < -0.39 is 5.97 Å². The average molecular weight is 222 g/mol. The Morgan fingerprint density at radius 1 is 1.33 bits per heavy atom. The number of likely N-dealkylation sites (tertiary alicyclic amines) is 1. The molecular formula is C11H30N2O2. The predicted molar refractivity (Wildman–Crippen MR) is 68.2 cm³/mol. The fourth-order valence-electron chi connectivity index (χ4n) is 1.33. The van der Waals surface area contributed by atoms with E-state index in [9.17, 15) is 4.79 Å². The number of hydrogen-bond acceptors (Lipinski definition) is 3. The van der Waals surface area contributed by atoms with Crippen LogP contribution in [0.1, 0.15) is 42.5 Å². The Kier molecular flexibility index (Phi) is 18.3. The van der Waals surface area contributed by atoms with E-state index in [1.807, 2.05) is 13.8 Å². The maximum Gasteiger partial charge on any atom is 0.320 e. The van der Waals surface area contributed by atoms with E-state index in [0.717, 1.165) is 0 Å². The molecule has 0 aromatic rings. The van der Waals surface area contributed by atoms with Crippen LogP contribution in [0.4, 0.5) is 0 Å². The number of carboxylic acids is 1. The fourth-order valence-corrected chi connectivity index (χ4v) is 1.33. The van der Waals surface area contributed by atoms with Gasteiger partial charge in [0.25, 0.3) is 0 Å². The van der Waals surface area contributed by atoms with Gasteiger partial charge in [-0.15, -0.1) is 0 Å². The molecule has 96 valence electrons. The van der Waals surface area contributed by atoms with Crippen molar-refractivity contribution in [2.45, 2.75) is 54.6 Å². The van der Waals surface area contributed by atoms with Gasteiger partial charge in [-0.1, -0.05) is 36.1 Å². The van der Waals surface area contributed by atoms with Crippen LogP contribution in [0.25, 0.3) is 0 Å². The molecule has 1 saturated heterocycles. The number of hydrogen-bond donors (Lipinski definition) is 2. The number of likely N-dealkylation sites (N-methyl/N-ethyl adjacent to an activating group) is 1. The van der Waals surface area contributed by atoms with Crippen molar-refractivity contribution in [2.75, 3.05) is 13.6 Å². The molecule has 0 amide bonds. The van der Waals surface area contributed by atoms with Gasteiger partial charge in [-0.25, -0.2) is 0 Å². The Bertz CT molecular complexity index is 152. The van der Waals surface area contributed by atoms with Crippen molar-refractivity contribution < 1.29 is 9.90 Å². The third kappa shape index (κ3) is 7.33. The van der Waals surface area contributed by atoms with E-state index in [-0.39, 0.29) is 34.4 Å². The lowest BCUT2D eigenvalue weighted by atomic mass is 10.2. The number of carboxylic acid groups (broad SMARTS) is 1. The second-order valence-electron chi connectivity index (χ2n) is 2.79. The lowest BCUT2D eigenvalue weighted by Crippen LogP contribution is -2.32. The molecule has 2 atom stereocenters. The molecule has 0 aromatic carbocycles. The molecule has 0 spiro atoms. The highest BCUT2D eigenvalue weighted by atomic mass is 16.4. The number of rotatable bonds is 1. The van der Waals surface area contributed by atoms with Gasteiger partial charge in [0.05, 0.1) is 0 Å². The normalized spacial score (nSPS) is 23.5. The van der Waals surface area contributed by atoms with Gasteiger partial charge in [0.1, 0.15) is 6.04 Å². The summed E-state index contributed by atoms with van der Waals surface area (Å²) in [7, 11) is 1.78. The van der Waals surface area contributed by atoms with Gasteiger partial charge in [0.15, 0.2) is 0 Å². The fraction of sp³-hybridized carbons (Fsp3) is 0.909. The molecule has 4 nitrogen and oxygen atoms in total. The zero-order valence-corrected chi connectivity index (χ0v) is 7.95. The summed E-state index contributed by atoms with van der Waals surface area (Å²) in [5.41, 5.74) is 5.55. The topological polar surface area (TPSA) is 66.6 Å². The van der Waals surface area contributed by atoms with Crippen LogP contribution < -0.4 is 5.73 Å². The third-order valence-corrected chi connectivity index (χ3v) is 1.87. The second kappa shape index (κ2) is 11.5. The molecule has 0 aliphatic carbocycles. The number of aliphatic carboxylic acids is 1. The second-order valence-corrected chi connectivity index (χ2v) is 2.79. The molecule has 1 rings (SSSR count). The molecule has 0 saturated carbocycles. The molecule has 1 aliphatic heterocycles. The first-order valence-corrected chi connectivity index (χ1v) is 4.30. The summed E-state index contributed by atoms with van der Waals surface area (Å²) in [5.74, 6) is -0.768. The Hall–Kier alpha value is -0.610. The number of carbonyl (C=O) groups is 1. The highest BCUT2D eigenvalue weighted by Gasteiger charge is 2.31. The summed E-state index contributed by atoms with van der Waals surface area (Å²) >= 11 is 0. The zero-order chi connectivity index (χ0) is 9.72. The molecule has 0 radical (unpaired) electrons. The Morgan fingerprint density at radius 2 is 1.73 bits per heavy atom. The molecule has 0 bridgehead atoms. The van der Waals surface area contributed by atoms with Crippen LogP contribution in [0.15, 0.2) is 0 Å². The van der Waals surface area contributed by atoms with E-state index in [4.69, 9.17) is 10.8 Å². The van der Waals surface area contributed by atoms with Crippen LogP contribution in [0.5, 0.6) is 0 Å². The summed E-state index contributed by atoms with van der Waals surface area (Å²) in [6, 6.07) is -0.332. The quantitative estimate of drug-likeness (QED) is 0.712. The Labute approximate surface area is 95.5 Å². The minimum absolute atomic E-state index is 0. The van der Waals surface area contributed by atoms with E-state index in [1.165, 1.54) is 0 Å². The molecule has 1 fully saturated rings. The first-order valence-electron chi connectivity index (χ1n) is 4.30. The minimum atomic E-state index is -0.768. The van der Waals surface area contributed by atoms with E-state index in [2.05, 4.69) is 0 Å². The van der Waals surface area contributed by atoms with Crippen LogP contribution in [0, 0.1) is 0 Å². The van der Waals surface area contributed by atoms with Crippen LogP contribution in [0.2, 0.25) is 0 Å². The van der Waals surface area contributed by atoms with Crippen molar-refractivity contribution in [3.63, 3.8) is 0 Å². The standard InChI is InChI=1S/C6H12N2O2.C2H6.3CH4/c1-8-3-4(7)2-5(8)6(9)10;1-2;;;/h4-5H,2-3,7H2,1H3,(H,9,10);1-2H3;3*1H4. The molecular weight excluding hydrogens is 192 g/mol. The average Bonchev–Trinajstić information content (AvgIpc) is 2.34. The molecule has 2 unspecified atom stereocenters. The highest BCUT2D eigenvalue weighted by molar-refractivity contribution is 5.73. The van der Waals surface area contributed by atoms with Gasteiger partial charge in [0, 0.05) is 12.6 Å². The van der Waals surface area contributed by atoms with Gasteiger partial charge in [-0.05, 0) is 13.5 Å². The summed E-state index contributed by atoms with van der Waals surface area (Å²) in [4.78, 5) is 12.2. The smallest absolute Gasteiger partial charge is 0.320 e. The Balaban J connectivity index is -0.000000114. The van der Waals surface area contributed by atoms with Crippen LogP contribution in [-0.2, 0) is 4.79 Å². The van der Waals surface area contributed by atoms with Gasteiger partial charge in [-0.3, -0.25) is 9.69 Å². The van der Waals surface area contributed by atoms with Crippen LogP contribution in [-0.4, -0.2) is 41.7 Å².